The van der Waals surface area contributed by atoms with Crippen molar-refractivity contribution in [3.63, 3.8) is 0 Å². The molecule has 1 aliphatic rings. The highest BCUT2D eigenvalue weighted by atomic mass is 16.3. The van der Waals surface area contributed by atoms with Crippen molar-refractivity contribution in [2.24, 2.45) is 0 Å². The number of fused-ring (bicyclic) bond motifs is 2. The zero-order chi connectivity index (χ0) is 17.4. The number of aromatic hydroxyl groups is 1. The van der Waals surface area contributed by atoms with Crippen LogP contribution >= 0.6 is 0 Å². The summed E-state index contributed by atoms with van der Waals surface area (Å²) >= 11 is 0. The van der Waals surface area contributed by atoms with Crippen LogP contribution in [-0.4, -0.2) is 15.2 Å². The third kappa shape index (κ3) is 2.83. The van der Waals surface area contributed by atoms with E-state index in [4.69, 9.17) is 4.98 Å². The number of hydrogen-bond acceptors (Lipinski definition) is 4. The maximum absolute atomic E-state index is 10.6. The zero-order valence-corrected chi connectivity index (χ0v) is 14.2. The number of aliphatic hydroxyl groups is 1. The lowest BCUT2D eigenvalue weighted by molar-refractivity contribution is 0.156. The molecule has 1 aromatic heterocycles. The summed E-state index contributed by atoms with van der Waals surface area (Å²) in [6.45, 7) is 2.02. The molecule has 0 amide bonds. The van der Waals surface area contributed by atoms with Gasteiger partial charge in [0.25, 0.3) is 0 Å². The molecule has 0 aliphatic heterocycles. The van der Waals surface area contributed by atoms with Crippen molar-refractivity contribution in [1.29, 1.82) is 0 Å². The van der Waals surface area contributed by atoms with Gasteiger partial charge in [-0.2, -0.15) is 0 Å². The average molecular weight is 334 g/mol. The molecule has 0 spiro atoms. The van der Waals surface area contributed by atoms with E-state index in [0.717, 1.165) is 52.7 Å². The Hall–Kier alpha value is -2.59. The minimum absolute atomic E-state index is 0.0924. The fourth-order valence-corrected chi connectivity index (χ4v) is 3.74. The Labute approximate surface area is 147 Å². The summed E-state index contributed by atoms with van der Waals surface area (Å²) in [5, 5.41) is 25.3. The Morgan fingerprint density at radius 3 is 2.72 bits per heavy atom. The first-order valence-corrected chi connectivity index (χ1v) is 8.79. The second kappa shape index (κ2) is 6.37. The molecule has 128 valence electrons. The van der Waals surface area contributed by atoms with Crippen molar-refractivity contribution >= 4 is 16.6 Å². The Morgan fingerprint density at radius 2 is 1.88 bits per heavy atom. The second-order valence-corrected chi connectivity index (χ2v) is 6.70. The Kier molecular flexibility index (Phi) is 4.06. The maximum atomic E-state index is 10.6. The van der Waals surface area contributed by atoms with E-state index in [-0.39, 0.29) is 11.8 Å². The Bertz CT molecular complexity index is 923. The molecule has 1 aliphatic carbocycles. The van der Waals surface area contributed by atoms with Crippen molar-refractivity contribution in [3.05, 3.63) is 65.4 Å². The monoisotopic (exact) mass is 334 g/mol. The number of aryl methyl sites for hydroxylation is 1. The highest BCUT2D eigenvalue weighted by molar-refractivity contribution is 5.94. The molecule has 4 rings (SSSR count). The van der Waals surface area contributed by atoms with Gasteiger partial charge in [0, 0.05) is 22.2 Å². The van der Waals surface area contributed by atoms with Gasteiger partial charge in [-0.25, -0.2) is 0 Å². The van der Waals surface area contributed by atoms with Gasteiger partial charge in [-0.1, -0.05) is 36.4 Å². The molecule has 3 N–H and O–H groups in total. The molecule has 4 heteroatoms. The number of nitrogens with zero attached hydrogens (tertiary/aromatic N) is 1. The fourth-order valence-electron chi connectivity index (χ4n) is 3.74. The molecule has 2 aromatic carbocycles. The summed E-state index contributed by atoms with van der Waals surface area (Å²) in [5.74, 6) is 0.273. The van der Waals surface area contributed by atoms with E-state index in [9.17, 15) is 10.2 Å². The van der Waals surface area contributed by atoms with Crippen molar-refractivity contribution in [2.75, 3.05) is 5.32 Å². The number of phenolic OH excluding ortho intramolecular Hbond substituents is 1. The summed E-state index contributed by atoms with van der Waals surface area (Å²) in [6, 6.07) is 15.3. The van der Waals surface area contributed by atoms with Crippen LogP contribution in [0.1, 0.15) is 48.7 Å². The quantitative estimate of drug-likeness (QED) is 0.660. The van der Waals surface area contributed by atoms with E-state index in [0.29, 0.717) is 0 Å². The smallest absolute Gasteiger partial charge is 0.120 e. The molecular formula is C21H22N2O2. The fraction of sp³-hybridized carbons (Fsp3) is 0.286. The van der Waals surface area contributed by atoms with Crippen LogP contribution in [0.25, 0.3) is 10.9 Å². The third-order valence-electron chi connectivity index (χ3n) is 5.00. The number of phenols is 1. The predicted octanol–water partition coefficient (Wildman–Crippen LogP) is 4.48. The number of anilines is 1. The molecule has 0 saturated heterocycles. The van der Waals surface area contributed by atoms with Crippen LogP contribution in [0.4, 0.5) is 5.69 Å². The van der Waals surface area contributed by atoms with Crippen LogP contribution in [0.3, 0.4) is 0 Å². The standard InChI is InChI=1S/C21H22N2O2/c1-13(14-7-3-5-11-18(14)24)22-21-15-8-2-4-9-16(15)23-17-10-6-12-19(25)20(17)21/h2-5,7-9,11,13,19,24-25H,6,10,12H2,1H3,(H,22,23). The largest absolute Gasteiger partial charge is 0.508 e. The van der Waals surface area contributed by atoms with Crippen LogP contribution in [0.15, 0.2) is 48.5 Å². The first-order chi connectivity index (χ1) is 12.1. The molecule has 1 heterocycles. The number of aromatic nitrogens is 1. The van der Waals surface area contributed by atoms with Crippen molar-refractivity contribution < 1.29 is 10.2 Å². The number of para-hydroxylation sites is 2. The first kappa shape index (κ1) is 15.9. The number of aliphatic hydroxyl groups excluding tert-OH is 1. The highest BCUT2D eigenvalue weighted by Gasteiger charge is 2.26. The van der Waals surface area contributed by atoms with Gasteiger partial charge in [-0.05, 0) is 38.3 Å². The van der Waals surface area contributed by atoms with Gasteiger partial charge in [0.1, 0.15) is 5.75 Å². The molecule has 2 atom stereocenters. The van der Waals surface area contributed by atoms with Gasteiger partial charge in [-0.3, -0.25) is 4.98 Å². The number of nitrogens with one attached hydrogen (secondary N) is 1. The molecular weight excluding hydrogens is 312 g/mol. The van der Waals surface area contributed by atoms with E-state index in [1.165, 1.54) is 0 Å². The second-order valence-electron chi connectivity index (χ2n) is 6.70. The summed E-state index contributed by atoms with van der Waals surface area (Å²) in [7, 11) is 0. The number of rotatable bonds is 3. The Balaban J connectivity index is 1.85. The molecule has 0 radical (unpaired) electrons. The van der Waals surface area contributed by atoms with Crippen LogP contribution in [0.2, 0.25) is 0 Å². The summed E-state index contributed by atoms with van der Waals surface area (Å²) in [4.78, 5) is 4.78. The minimum Gasteiger partial charge on any atom is -0.508 e. The molecule has 4 nitrogen and oxygen atoms in total. The van der Waals surface area contributed by atoms with Gasteiger partial charge in [0.2, 0.25) is 0 Å². The number of pyridine rings is 1. The SMILES string of the molecule is CC(Nc1c2c(nc3ccccc13)CCCC2O)c1ccccc1O. The lowest BCUT2D eigenvalue weighted by Crippen LogP contribution is -2.17. The van der Waals surface area contributed by atoms with Crippen molar-refractivity contribution in [1.82, 2.24) is 4.98 Å². The van der Waals surface area contributed by atoms with Gasteiger partial charge in [0.05, 0.1) is 23.3 Å². The van der Waals surface area contributed by atoms with Crippen LogP contribution in [-0.2, 0) is 6.42 Å². The van der Waals surface area contributed by atoms with Crippen molar-refractivity contribution in [3.8, 4) is 5.75 Å². The third-order valence-corrected chi connectivity index (χ3v) is 5.00. The van der Waals surface area contributed by atoms with Crippen molar-refractivity contribution in [2.45, 2.75) is 38.3 Å². The van der Waals surface area contributed by atoms with Gasteiger partial charge in [0.15, 0.2) is 0 Å². The normalized spacial score (nSPS) is 17.9. The van der Waals surface area contributed by atoms with Gasteiger partial charge in [-0.15, -0.1) is 0 Å². The lowest BCUT2D eigenvalue weighted by Gasteiger charge is -2.27. The molecule has 0 bridgehead atoms. The van der Waals surface area contributed by atoms with E-state index >= 15 is 0 Å². The number of benzene rings is 2. The average Bonchev–Trinajstić information content (AvgIpc) is 2.62. The van der Waals surface area contributed by atoms with E-state index in [2.05, 4.69) is 5.32 Å². The topological polar surface area (TPSA) is 65.4 Å². The molecule has 25 heavy (non-hydrogen) atoms. The highest BCUT2D eigenvalue weighted by Crippen LogP contribution is 2.40. The summed E-state index contributed by atoms with van der Waals surface area (Å²) in [6.07, 6.45) is 2.09. The van der Waals surface area contributed by atoms with Crippen LogP contribution < -0.4 is 5.32 Å². The number of hydrogen-bond donors (Lipinski definition) is 3. The minimum atomic E-state index is -0.500. The van der Waals surface area contributed by atoms with E-state index in [1.807, 2.05) is 49.4 Å². The van der Waals surface area contributed by atoms with Crippen LogP contribution in [0.5, 0.6) is 5.75 Å². The van der Waals surface area contributed by atoms with Gasteiger partial charge < -0.3 is 15.5 Å². The van der Waals surface area contributed by atoms with E-state index in [1.54, 1.807) is 6.07 Å². The first-order valence-electron chi connectivity index (χ1n) is 8.79. The van der Waals surface area contributed by atoms with Crippen LogP contribution in [0, 0.1) is 0 Å². The molecule has 0 saturated carbocycles. The van der Waals surface area contributed by atoms with Gasteiger partial charge >= 0.3 is 0 Å². The molecule has 2 unspecified atom stereocenters. The molecule has 0 fully saturated rings. The lowest BCUT2D eigenvalue weighted by atomic mass is 9.90. The molecule has 3 aromatic rings. The summed E-state index contributed by atoms with van der Waals surface area (Å²) < 4.78 is 0. The predicted molar refractivity (Wildman–Crippen MR) is 99.8 cm³/mol. The maximum Gasteiger partial charge on any atom is 0.120 e. The summed E-state index contributed by atoms with van der Waals surface area (Å²) in [5.41, 5.74) is 4.59. The zero-order valence-electron chi connectivity index (χ0n) is 14.2. The Morgan fingerprint density at radius 1 is 1.12 bits per heavy atom. The van der Waals surface area contributed by atoms with E-state index < -0.39 is 6.10 Å².